The van der Waals surface area contributed by atoms with E-state index in [1.807, 2.05) is 35.8 Å². The normalized spacial score (nSPS) is 16.2. The summed E-state index contributed by atoms with van der Waals surface area (Å²) in [6.07, 6.45) is 0. The van der Waals surface area contributed by atoms with E-state index in [0.717, 1.165) is 11.0 Å². The first kappa shape index (κ1) is 15.5. The van der Waals surface area contributed by atoms with Gasteiger partial charge in [-0.15, -0.1) is 0 Å². The molecular formula is C18H14N4O2S. The molecule has 1 aliphatic heterocycles. The lowest BCUT2D eigenvalue weighted by atomic mass is 9.97. The van der Waals surface area contributed by atoms with Crippen molar-refractivity contribution in [2.75, 3.05) is 0 Å². The van der Waals surface area contributed by atoms with Gasteiger partial charge in [-0.1, -0.05) is 30.3 Å². The van der Waals surface area contributed by atoms with Gasteiger partial charge in [-0.3, -0.25) is 0 Å². The SMILES string of the molecule is CCn1c(C(C#N)C2=NS(=O)(=O)c3ccccc32)nc2ccccc21. The quantitative estimate of drug-likeness (QED) is 0.726. The highest BCUT2D eigenvalue weighted by Crippen LogP contribution is 2.33. The lowest BCUT2D eigenvalue weighted by Gasteiger charge is -2.11. The Bertz CT molecular complexity index is 1170. The standard InChI is InChI=1S/C18H14N4O2S/c1-2-22-15-9-5-4-8-14(15)20-18(22)13(11-19)17-12-7-3-6-10-16(12)25(23,24)21-17/h3-10,13H,2H2,1H3. The lowest BCUT2D eigenvalue weighted by Crippen LogP contribution is -2.16. The van der Waals surface area contributed by atoms with Crippen LogP contribution in [0.15, 0.2) is 57.8 Å². The van der Waals surface area contributed by atoms with Crippen LogP contribution in [0, 0.1) is 11.3 Å². The zero-order chi connectivity index (χ0) is 17.6. The first-order valence-corrected chi connectivity index (χ1v) is 9.30. The molecule has 0 saturated heterocycles. The van der Waals surface area contributed by atoms with Crippen LogP contribution in [0.2, 0.25) is 0 Å². The molecule has 0 radical (unpaired) electrons. The molecule has 1 unspecified atom stereocenters. The van der Waals surface area contributed by atoms with Crippen LogP contribution in [-0.2, 0) is 16.6 Å². The van der Waals surface area contributed by atoms with E-state index >= 15 is 0 Å². The predicted molar refractivity (Wildman–Crippen MR) is 93.9 cm³/mol. The Hall–Kier alpha value is -2.98. The minimum atomic E-state index is -3.77. The molecular weight excluding hydrogens is 336 g/mol. The van der Waals surface area contributed by atoms with E-state index in [2.05, 4.69) is 15.5 Å². The van der Waals surface area contributed by atoms with E-state index in [0.29, 0.717) is 17.9 Å². The summed E-state index contributed by atoms with van der Waals surface area (Å²) in [5, 5.41) is 9.80. The van der Waals surface area contributed by atoms with Crippen LogP contribution in [0.3, 0.4) is 0 Å². The van der Waals surface area contributed by atoms with Crippen molar-refractivity contribution in [3.05, 3.63) is 59.9 Å². The smallest absolute Gasteiger partial charge is 0.283 e. The van der Waals surface area contributed by atoms with E-state index in [4.69, 9.17) is 0 Å². The third kappa shape index (κ3) is 2.26. The summed E-state index contributed by atoms with van der Waals surface area (Å²) < 4.78 is 30.5. The van der Waals surface area contributed by atoms with Gasteiger partial charge in [0.1, 0.15) is 11.7 Å². The number of para-hydroxylation sites is 2. The van der Waals surface area contributed by atoms with Gasteiger partial charge < -0.3 is 4.57 Å². The molecule has 7 heteroatoms. The number of hydrogen-bond acceptors (Lipinski definition) is 4. The number of nitriles is 1. The Morgan fingerprint density at radius 2 is 1.88 bits per heavy atom. The number of benzene rings is 2. The maximum absolute atomic E-state index is 12.3. The summed E-state index contributed by atoms with van der Waals surface area (Å²) >= 11 is 0. The van der Waals surface area contributed by atoms with Gasteiger partial charge in [0.2, 0.25) is 0 Å². The van der Waals surface area contributed by atoms with Crippen molar-refractivity contribution in [2.24, 2.45) is 4.40 Å². The van der Waals surface area contributed by atoms with Gasteiger partial charge in [0.25, 0.3) is 10.0 Å². The van der Waals surface area contributed by atoms with Crippen LogP contribution < -0.4 is 0 Å². The average Bonchev–Trinajstić information content (AvgIpc) is 3.11. The predicted octanol–water partition coefficient (Wildman–Crippen LogP) is 2.85. The number of nitrogens with zero attached hydrogens (tertiary/aromatic N) is 4. The number of imidazole rings is 1. The summed E-state index contributed by atoms with van der Waals surface area (Å²) in [6, 6.07) is 16.4. The fourth-order valence-electron chi connectivity index (χ4n) is 3.23. The molecule has 0 spiro atoms. The molecule has 25 heavy (non-hydrogen) atoms. The maximum Gasteiger partial charge on any atom is 0.283 e. The second kappa shape index (κ2) is 5.53. The van der Waals surface area contributed by atoms with Gasteiger partial charge in [-0.25, -0.2) is 4.98 Å². The first-order chi connectivity index (χ1) is 12.1. The van der Waals surface area contributed by atoms with E-state index < -0.39 is 15.9 Å². The van der Waals surface area contributed by atoms with Crippen molar-refractivity contribution in [3.8, 4) is 6.07 Å². The fourth-order valence-corrected chi connectivity index (χ4v) is 4.49. The zero-order valence-electron chi connectivity index (χ0n) is 13.4. The average molecular weight is 350 g/mol. The van der Waals surface area contributed by atoms with Crippen LogP contribution >= 0.6 is 0 Å². The molecule has 1 atom stereocenters. The number of rotatable bonds is 3. The molecule has 2 aromatic carbocycles. The first-order valence-electron chi connectivity index (χ1n) is 7.86. The summed E-state index contributed by atoms with van der Waals surface area (Å²) in [5.41, 5.74) is 2.40. The highest BCUT2D eigenvalue weighted by atomic mass is 32.2. The third-order valence-corrected chi connectivity index (χ3v) is 5.67. The largest absolute Gasteiger partial charge is 0.327 e. The van der Waals surface area contributed by atoms with E-state index in [9.17, 15) is 13.7 Å². The topological polar surface area (TPSA) is 88.1 Å². The zero-order valence-corrected chi connectivity index (χ0v) is 14.2. The molecule has 0 fully saturated rings. The molecule has 0 saturated carbocycles. The van der Waals surface area contributed by atoms with E-state index in [-0.39, 0.29) is 10.6 Å². The molecule has 2 heterocycles. The van der Waals surface area contributed by atoms with Crippen molar-refractivity contribution in [2.45, 2.75) is 24.3 Å². The van der Waals surface area contributed by atoms with Gasteiger partial charge in [-0.05, 0) is 25.1 Å². The van der Waals surface area contributed by atoms with Crippen molar-refractivity contribution < 1.29 is 8.42 Å². The van der Waals surface area contributed by atoms with Crippen molar-refractivity contribution in [1.29, 1.82) is 5.26 Å². The summed E-state index contributed by atoms with van der Waals surface area (Å²) in [7, 11) is -3.77. The van der Waals surface area contributed by atoms with Crippen LogP contribution in [0.5, 0.6) is 0 Å². The van der Waals surface area contributed by atoms with E-state index in [1.165, 1.54) is 6.07 Å². The van der Waals surface area contributed by atoms with Gasteiger partial charge in [-0.2, -0.15) is 18.1 Å². The van der Waals surface area contributed by atoms with Crippen LogP contribution in [0.1, 0.15) is 24.2 Å². The Balaban J connectivity index is 1.96. The van der Waals surface area contributed by atoms with Crippen molar-refractivity contribution in [1.82, 2.24) is 9.55 Å². The molecule has 1 aliphatic rings. The number of fused-ring (bicyclic) bond motifs is 2. The second-order valence-corrected chi connectivity index (χ2v) is 7.29. The number of aryl methyl sites for hydroxylation is 1. The Morgan fingerprint density at radius 1 is 1.16 bits per heavy atom. The molecule has 4 rings (SSSR count). The minimum absolute atomic E-state index is 0.143. The van der Waals surface area contributed by atoms with Crippen molar-refractivity contribution in [3.63, 3.8) is 0 Å². The minimum Gasteiger partial charge on any atom is -0.327 e. The summed E-state index contributed by atoms with van der Waals surface area (Å²) in [5.74, 6) is -0.345. The maximum atomic E-state index is 12.3. The Labute approximate surface area is 145 Å². The van der Waals surface area contributed by atoms with Gasteiger partial charge in [0.05, 0.1) is 27.7 Å². The Morgan fingerprint density at radius 3 is 2.64 bits per heavy atom. The van der Waals surface area contributed by atoms with Crippen LogP contribution in [0.4, 0.5) is 0 Å². The Kier molecular flexibility index (Phi) is 3.44. The molecule has 0 bridgehead atoms. The number of aromatic nitrogens is 2. The molecule has 1 aromatic heterocycles. The molecule has 0 aliphatic carbocycles. The van der Waals surface area contributed by atoms with Crippen LogP contribution in [-0.4, -0.2) is 23.7 Å². The summed E-state index contributed by atoms with van der Waals surface area (Å²) in [4.78, 5) is 4.73. The van der Waals surface area contributed by atoms with Gasteiger partial charge >= 0.3 is 0 Å². The lowest BCUT2D eigenvalue weighted by molar-refractivity contribution is 0.599. The summed E-state index contributed by atoms with van der Waals surface area (Å²) in [6.45, 7) is 2.59. The molecule has 3 aromatic rings. The molecule has 124 valence electrons. The molecule has 0 amide bonds. The molecule has 0 N–H and O–H groups in total. The third-order valence-electron chi connectivity index (χ3n) is 4.32. The van der Waals surface area contributed by atoms with E-state index in [1.54, 1.807) is 18.2 Å². The van der Waals surface area contributed by atoms with Crippen LogP contribution in [0.25, 0.3) is 11.0 Å². The fraction of sp³-hybridized carbons (Fsp3) is 0.167. The number of sulfonamides is 1. The second-order valence-electron chi connectivity index (χ2n) is 5.71. The highest BCUT2D eigenvalue weighted by Gasteiger charge is 2.35. The van der Waals surface area contributed by atoms with Crippen molar-refractivity contribution >= 4 is 26.8 Å². The number of hydrogen-bond donors (Lipinski definition) is 0. The van der Waals surface area contributed by atoms with Gasteiger partial charge in [0.15, 0.2) is 0 Å². The monoisotopic (exact) mass is 350 g/mol. The molecule has 6 nitrogen and oxygen atoms in total. The highest BCUT2D eigenvalue weighted by molar-refractivity contribution is 7.90. The van der Waals surface area contributed by atoms with Gasteiger partial charge in [0, 0.05) is 12.1 Å².